The van der Waals surface area contributed by atoms with Crippen molar-refractivity contribution in [2.75, 3.05) is 0 Å². The molecule has 5 rings (SSSR count). The maximum atomic E-state index is 4.83. The van der Waals surface area contributed by atoms with Crippen LogP contribution in [0.4, 0.5) is 0 Å². The Labute approximate surface area is 126 Å². The largest absolute Gasteiger partial charge is 0.236 e. The first-order valence-corrected chi connectivity index (χ1v) is 8.11. The number of fused-ring (bicyclic) bond motifs is 1. The van der Waals surface area contributed by atoms with Crippen LogP contribution in [-0.2, 0) is 12.8 Å². The summed E-state index contributed by atoms with van der Waals surface area (Å²) in [4.78, 5) is 4.83. The molecule has 1 aliphatic rings. The van der Waals surface area contributed by atoms with Gasteiger partial charge in [-0.2, -0.15) is 0 Å². The maximum Gasteiger partial charge on any atom is 0.125 e. The quantitative estimate of drug-likeness (QED) is 0.468. The molecular formula is C19H13NS. The lowest BCUT2D eigenvalue weighted by Crippen LogP contribution is -1.84. The van der Waals surface area contributed by atoms with E-state index in [1.165, 1.54) is 45.0 Å². The van der Waals surface area contributed by atoms with Crippen LogP contribution in [0.15, 0.2) is 54.6 Å². The van der Waals surface area contributed by atoms with Gasteiger partial charge in [-0.3, -0.25) is 0 Å². The molecule has 0 atom stereocenters. The highest BCUT2D eigenvalue weighted by molar-refractivity contribution is 7.21. The monoisotopic (exact) mass is 287 g/mol. The molecule has 0 saturated carbocycles. The molecule has 0 unspecified atom stereocenters. The summed E-state index contributed by atoms with van der Waals surface area (Å²) in [6, 6.07) is 19.6. The molecule has 0 amide bonds. The Morgan fingerprint density at radius 1 is 0.810 bits per heavy atom. The van der Waals surface area contributed by atoms with Gasteiger partial charge in [0.2, 0.25) is 0 Å². The lowest BCUT2D eigenvalue weighted by Gasteiger charge is -2.06. The van der Waals surface area contributed by atoms with Gasteiger partial charge in [-0.25, -0.2) is 4.98 Å². The summed E-state index contributed by atoms with van der Waals surface area (Å²) in [5, 5.41) is 3.96. The molecule has 21 heavy (non-hydrogen) atoms. The smallest absolute Gasteiger partial charge is 0.125 e. The Bertz CT molecular complexity index is 954. The number of aromatic nitrogens is 1. The van der Waals surface area contributed by atoms with E-state index in [9.17, 15) is 0 Å². The van der Waals surface area contributed by atoms with Gasteiger partial charge in [-0.15, -0.1) is 11.3 Å². The van der Waals surface area contributed by atoms with Crippen molar-refractivity contribution in [3.8, 4) is 10.6 Å². The van der Waals surface area contributed by atoms with E-state index in [4.69, 9.17) is 4.98 Å². The van der Waals surface area contributed by atoms with E-state index >= 15 is 0 Å². The number of hydrogen-bond acceptors (Lipinski definition) is 2. The first kappa shape index (κ1) is 11.5. The van der Waals surface area contributed by atoms with Crippen LogP contribution in [0.25, 0.3) is 31.6 Å². The van der Waals surface area contributed by atoms with E-state index in [1.807, 2.05) is 0 Å². The second kappa shape index (κ2) is 4.15. The summed E-state index contributed by atoms with van der Waals surface area (Å²) in [5.74, 6) is 0. The van der Waals surface area contributed by atoms with Crippen molar-refractivity contribution in [1.29, 1.82) is 0 Å². The molecule has 0 aliphatic heterocycles. The van der Waals surface area contributed by atoms with Gasteiger partial charge in [0, 0.05) is 5.56 Å². The summed E-state index contributed by atoms with van der Waals surface area (Å²) in [6.45, 7) is 0. The Balaban J connectivity index is 1.85. The topological polar surface area (TPSA) is 12.9 Å². The van der Waals surface area contributed by atoms with Gasteiger partial charge in [-0.05, 0) is 46.9 Å². The third-order valence-corrected chi connectivity index (χ3v) is 5.47. The van der Waals surface area contributed by atoms with Gasteiger partial charge < -0.3 is 0 Å². The van der Waals surface area contributed by atoms with E-state index < -0.39 is 0 Å². The molecule has 4 aromatic rings. The first-order valence-electron chi connectivity index (χ1n) is 7.29. The van der Waals surface area contributed by atoms with Crippen LogP contribution in [0.2, 0.25) is 0 Å². The van der Waals surface area contributed by atoms with Gasteiger partial charge in [0.25, 0.3) is 0 Å². The molecule has 1 nitrogen and oxygen atoms in total. The summed E-state index contributed by atoms with van der Waals surface area (Å²) >= 11 is 1.79. The minimum absolute atomic E-state index is 1.10. The lowest BCUT2D eigenvalue weighted by molar-refractivity contribution is 1.02. The standard InChI is InChI=1S/C19H13NS/c1-2-7-17-16(6-1)20-19(21-17)15-11-10-13-9-8-12-4-3-5-14(15)18(12)13/h1-7,10-11H,8-9H2. The van der Waals surface area contributed by atoms with Gasteiger partial charge in [-0.1, -0.05) is 42.5 Å². The molecule has 0 bridgehead atoms. The Kier molecular flexibility index (Phi) is 2.27. The van der Waals surface area contributed by atoms with Gasteiger partial charge in [0.15, 0.2) is 0 Å². The van der Waals surface area contributed by atoms with Crippen molar-refractivity contribution in [3.05, 3.63) is 65.7 Å². The maximum absolute atomic E-state index is 4.83. The van der Waals surface area contributed by atoms with Crippen LogP contribution in [-0.4, -0.2) is 4.98 Å². The van der Waals surface area contributed by atoms with E-state index in [0.29, 0.717) is 0 Å². The summed E-state index contributed by atoms with van der Waals surface area (Å²) in [7, 11) is 0. The normalized spacial score (nSPS) is 13.3. The number of hydrogen-bond donors (Lipinski definition) is 0. The van der Waals surface area contributed by atoms with Crippen LogP contribution >= 0.6 is 11.3 Å². The average Bonchev–Trinajstić information content (AvgIpc) is 3.13. The minimum Gasteiger partial charge on any atom is -0.236 e. The second-order valence-corrected chi connectivity index (χ2v) is 6.63. The van der Waals surface area contributed by atoms with Gasteiger partial charge >= 0.3 is 0 Å². The van der Waals surface area contributed by atoms with Crippen LogP contribution in [0.5, 0.6) is 0 Å². The molecule has 0 saturated heterocycles. The zero-order valence-electron chi connectivity index (χ0n) is 11.5. The number of aryl methyl sites for hydroxylation is 2. The van der Waals surface area contributed by atoms with Crippen molar-refractivity contribution < 1.29 is 0 Å². The number of para-hydroxylation sites is 1. The minimum atomic E-state index is 1.10. The second-order valence-electron chi connectivity index (χ2n) is 5.60. The molecule has 2 heteroatoms. The number of nitrogens with zero attached hydrogens (tertiary/aromatic N) is 1. The van der Waals surface area contributed by atoms with Gasteiger partial charge in [0.05, 0.1) is 10.2 Å². The SMILES string of the molecule is c1ccc2sc(-c3ccc4c5c(cccc35)CC4)nc2c1. The Morgan fingerprint density at radius 3 is 2.57 bits per heavy atom. The van der Waals surface area contributed by atoms with Gasteiger partial charge in [0.1, 0.15) is 5.01 Å². The van der Waals surface area contributed by atoms with Crippen molar-refractivity contribution in [2.45, 2.75) is 12.8 Å². The third kappa shape index (κ3) is 1.60. The van der Waals surface area contributed by atoms with Crippen LogP contribution < -0.4 is 0 Å². The fraction of sp³-hybridized carbons (Fsp3) is 0.105. The van der Waals surface area contributed by atoms with E-state index in [-0.39, 0.29) is 0 Å². The van der Waals surface area contributed by atoms with Crippen molar-refractivity contribution >= 4 is 32.3 Å². The fourth-order valence-electron chi connectivity index (χ4n) is 3.42. The van der Waals surface area contributed by atoms with Crippen LogP contribution in [0, 0.1) is 0 Å². The highest BCUT2D eigenvalue weighted by atomic mass is 32.1. The van der Waals surface area contributed by atoms with Crippen LogP contribution in [0.1, 0.15) is 11.1 Å². The van der Waals surface area contributed by atoms with Crippen molar-refractivity contribution in [1.82, 2.24) is 4.98 Å². The molecular weight excluding hydrogens is 274 g/mol. The average molecular weight is 287 g/mol. The summed E-state index contributed by atoms with van der Waals surface area (Å²) < 4.78 is 1.26. The number of benzene rings is 3. The number of rotatable bonds is 1. The summed E-state index contributed by atoms with van der Waals surface area (Å²) in [6.07, 6.45) is 2.35. The Morgan fingerprint density at radius 2 is 1.67 bits per heavy atom. The zero-order chi connectivity index (χ0) is 13.8. The summed E-state index contributed by atoms with van der Waals surface area (Å²) in [5.41, 5.74) is 5.36. The molecule has 100 valence electrons. The zero-order valence-corrected chi connectivity index (χ0v) is 12.3. The van der Waals surface area contributed by atoms with Crippen molar-refractivity contribution in [2.24, 2.45) is 0 Å². The Hall–Kier alpha value is -2.19. The van der Waals surface area contributed by atoms with E-state index in [0.717, 1.165) is 10.5 Å². The molecule has 1 aliphatic carbocycles. The number of thiazole rings is 1. The molecule has 0 N–H and O–H groups in total. The first-order chi connectivity index (χ1) is 10.4. The molecule has 1 aromatic heterocycles. The molecule has 0 fully saturated rings. The molecule has 0 spiro atoms. The highest BCUT2D eigenvalue weighted by Crippen LogP contribution is 2.39. The molecule has 3 aromatic carbocycles. The van der Waals surface area contributed by atoms with Crippen molar-refractivity contribution in [3.63, 3.8) is 0 Å². The molecule has 0 radical (unpaired) electrons. The lowest BCUT2D eigenvalue weighted by atomic mass is 10.0. The van der Waals surface area contributed by atoms with E-state index in [1.54, 1.807) is 11.3 Å². The fourth-order valence-corrected chi connectivity index (χ4v) is 4.43. The highest BCUT2D eigenvalue weighted by Gasteiger charge is 2.17. The predicted molar refractivity (Wildman–Crippen MR) is 90.0 cm³/mol. The third-order valence-electron chi connectivity index (χ3n) is 4.40. The van der Waals surface area contributed by atoms with Crippen LogP contribution in [0.3, 0.4) is 0 Å². The molecule has 1 heterocycles. The van der Waals surface area contributed by atoms with E-state index in [2.05, 4.69) is 54.6 Å². The predicted octanol–water partition coefficient (Wildman–Crippen LogP) is 5.22.